The van der Waals surface area contributed by atoms with Gasteiger partial charge in [-0.3, -0.25) is 9.52 Å². The van der Waals surface area contributed by atoms with E-state index in [0.29, 0.717) is 16.3 Å². The third-order valence-corrected chi connectivity index (χ3v) is 8.62. The topological polar surface area (TPSA) is 122 Å². The molecule has 0 saturated heterocycles. The molecule has 0 aliphatic heterocycles. The van der Waals surface area contributed by atoms with Crippen LogP contribution in [0.3, 0.4) is 0 Å². The van der Waals surface area contributed by atoms with Crippen LogP contribution in [-0.2, 0) is 31.4 Å². The molecule has 0 atom stereocenters. The van der Waals surface area contributed by atoms with Crippen molar-refractivity contribution in [1.82, 2.24) is 9.62 Å². The van der Waals surface area contributed by atoms with E-state index >= 15 is 0 Å². The van der Waals surface area contributed by atoms with Gasteiger partial charge in [-0.15, -0.1) is 0 Å². The number of nitrogens with zero attached hydrogens (tertiary/aromatic N) is 1. The molecule has 0 unspecified atom stereocenters. The minimum absolute atomic E-state index is 0.0134. The van der Waals surface area contributed by atoms with Crippen LogP contribution in [0.5, 0.6) is 5.75 Å². The molecule has 36 heavy (non-hydrogen) atoms. The molecular formula is C23H23Cl2N3O6S2. The van der Waals surface area contributed by atoms with Crippen molar-refractivity contribution in [3.05, 3.63) is 82.3 Å². The zero-order valence-electron chi connectivity index (χ0n) is 19.2. The van der Waals surface area contributed by atoms with Crippen LogP contribution in [0.4, 0.5) is 5.69 Å². The first-order valence-corrected chi connectivity index (χ1v) is 14.1. The molecular weight excluding hydrogens is 549 g/mol. The third-order valence-electron chi connectivity index (χ3n) is 4.86. The summed E-state index contributed by atoms with van der Waals surface area (Å²) in [6.07, 6.45) is 0. The number of hydrogen-bond donors (Lipinski definition) is 2. The summed E-state index contributed by atoms with van der Waals surface area (Å²) < 4.78 is 58.4. The molecule has 3 aromatic rings. The van der Waals surface area contributed by atoms with Gasteiger partial charge in [-0.25, -0.2) is 21.1 Å². The standard InChI is InChI=1S/C23H23Cl2N3O6S2/c1-28(2)36(32,33)19-9-3-16(4-10-19)14-26-23(29)15-34-22-12-11-20(13-21(22)25)35(30,31)27-18-7-5-17(24)6-8-18/h3-13,27H,14-15H2,1-2H3,(H,26,29). The first-order chi connectivity index (χ1) is 16.9. The van der Waals surface area contributed by atoms with Crippen molar-refractivity contribution < 1.29 is 26.4 Å². The zero-order chi connectivity index (χ0) is 26.5. The Balaban J connectivity index is 1.55. The predicted octanol–water partition coefficient (Wildman–Crippen LogP) is 3.74. The number of benzene rings is 3. The number of carbonyl (C=O) groups is 1. The Bertz CT molecular complexity index is 1440. The Kier molecular flexibility index (Phi) is 8.85. The lowest BCUT2D eigenvalue weighted by molar-refractivity contribution is -0.123. The second kappa shape index (κ2) is 11.5. The van der Waals surface area contributed by atoms with E-state index in [2.05, 4.69) is 10.0 Å². The van der Waals surface area contributed by atoms with E-state index in [1.807, 2.05) is 0 Å². The number of anilines is 1. The van der Waals surface area contributed by atoms with Gasteiger partial charge in [0.15, 0.2) is 6.61 Å². The van der Waals surface area contributed by atoms with Crippen molar-refractivity contribution in [2.75, 3.05) is 25.4 Å². The van der Waals surface area contributed by atoms with E-state index in [1.54, 1.807) is 24.3 Å². The van der Waals surface area contributed by atoms with E-state index in [-0.39, 0.29) is 33.7 Å². The normalized spacial score (nSPS) is 11.8. The van der Waals surface area contributed by atoms with Crippen molar-refractivity contribution in [3.63, 3.8) is 0 Å². The molecule has 192 valence electrons. The van der Waals surface area contributed by atoms with Crippen LogP contribution in [-0.4, -0.2) is 47.8 Å². The number of halogens is 2. The van der Waals surface area contributed by atoms with Crippen LogP contribution >= 0.6 is 23.2 Å². The van der Waals surface area contributed by atoms with Crippen LogP contribution in [0.15, 0.2) is 76.5 Å². The van der Waals surface area contributed by atoms with Crippen LogP contribution in [0.1, 0.15) is 5.56 Å². The van der Waals surface area contributed by atoms with E-state index in [9.17, 15) is 21.6 Å². The van der Waals surface area contributed by atoms with Gasteiger partial charge < -0.3 is 10.1 Å². The van der Waals surface area contributed by atoms with E-state index < -0.39 is 26.0 Å². The summed E-state index contributed by atoms with van der Waals surface area (Å²) in [7, 11) is -4.55. The minimum Gasteiger partial charge on any atom is -0.482 e. The van der Waals surface area contributed by atoms with Crippen molar-refractivity contribution in [2.24, 2.45) is 0 Å². The van der Waals surface area contributed by atoms with Crippen LogP contribution in [0.25, 0.3) is 0 Å². The van der Waals surface area contributed by atoms with Gasteiger partial charge in [0.25, 0.3) is 15.9 Å². The summed E-state index contributed by atoms with van der Waals surface area (Å²) in [5.74, 6) is -0.312. The molecule has 0 aliphatic carbocycles. The summed E-state index contributed by atoms with van der Waals surface area (Å²) in [6.45, 7) is -0.201. The van der Waals surface area contributed by atoms with Crippen LogP contribution in [0.2, 0.25) is 10.0 Å². The summed E-state index contributed by atoms with van der Waals surface area (Å²) in [5, 5.41) is 3.14. The predicted molar refractivity (Wildman–Crippen MR) is 138 cm³/mol. The molecule has 0 saturated carbocycles. The largest absolute Gasteiger partial charge is 0.482 e. The van der Waals surface area contributed by atoms with E-state index in [4.69, 9.17) is 27.9 Å². The Morgan fingerprint density at radius 1 is 0.889 bits per heavy atom. The Labute approximate surface area is 220 Å². The molecule has 13 heteroatoms. The number of nitrogens with one attached hydrogen (secondary N) is 2. The number of carbonyl (C=O) groups excluding carboxylic acids is 1. The van der Waals surface area contributed by atoms with E-state index in [1.165, 1.54) is 56.6 Å². The maximum atomic E-state index is 12.6. The SMILES string of the molecule is CN(C)S(=O)(=O)c1ccc(CNC(=O)COc2ccc(S(=O)(=O)Nc3ccc(Cl)cc3)cc2Cl)cc1. The first kappa shape index (κ1) is 27.8. The number of rotatable bonds is 10. The molecule has 0 bridgehead atoms. The van der Waals surface area contributed by atoms with Crippen LogP contribution < -0.4 is 14.8 Å². The molecule has 0 aliphatic rings. The average molecular weight is 572 g/mol. The highest BCUT2D eigenvalue weighted by Crippen LogP contribution is 2.28. The second-order valence-corrected chi connectivity index (χ2v) is 12.4. The fraction of sp³-hybridized carbons (Fsp3) is 0.174. The van der Waals surface area contributed by atoms with Crippen molar-refractivity contribution in [1.29, 1.82) is 0 Å². The number of hydrogen-bond acceptors (Lipinski definition) is 6. The Hall–Kier alpha value is -2.83. The van der Waals surface area contributed by atoms with Gasteiger partial charge in [0, 0.05) is 31.4 Å². The molecule has 0 heterocycles. The fourth-order valence-corrected chi connectivity index (χ4v) is 5.29. The van der Waals surface area contributed by atoms with Crippen molar-refractivity contribution >= 4 is 54.8 Å². The number of sulfonamides is 2. The molecule has 0 aromatic heterocycles. The monoisotopic (exact) mass is 571 g/mol. The van der Waals surface area contributed by atoms with Gasteiger partial charge in [-0.05, 0) is 60.2 Å². The molecule has 3 rings (SSSR count). The van der Waals surface area contributed by atoms with Gasteiger partial charge in [-0.1, -0.05) is 35.3 Å². The number of amides is 1. The molecule has 3 aromatic carbocycles. The van der Waals surface area contributed by atoms with Crippen molar-refractivity contribution in [2.45, 2.75) is 16.3 Å². The summed E-state index contributed by atoms with van der Waals surface area (Å²) in [5.41, 5.74) is 1.03. The third kappa shape index (κ3) is 7.11. The highest BCUT2D eigenvalue weighted by Gasteiger charge is 2.18. The highest BCUT2D eigenvalue weighted by atomic mass is 35.5. The molecule has 0 fully saturated rings. The molecule has 0 spiro atoms. The maximum Gasteiger partial charge on any atom is 0.261 e. The quantitative estimate of drug-likeness (QED) is 0.382. The zero-order valence-corrected chi connectivity index (χ0v) is 22.4. The van der Waals surface area contributed by atoms with Gasteiger partial charge >= 0.3 is 0 Å². The average Bonchev–Trinajstić information content (AvgIpc) is 2.83. The smallest absolute Gasteiger partial charge is 0.261 e. The lowest BCUT2D eigenvalue weighted by atomic mass is 10.2. The van der Waals surface area contributed by atoms with Gasteiger partial charge in [-0.2, -0.15) is 0 Å². The summed E-state index contributed by atoms with van der Waals surface area (Å²) >= 11 is 12.0. The van der Waals surface area contributed by atoms with Crippen molar-refractivity contribution in [3.8, 4) is 5.75 Å². The van der Waals surface area contributed by atoms with Crippen LogP contribution in [0, 0.1) is 0 Å². The Morgan fingerprint density at radius 2 is 1.50 bits per heavy atom. The second-order valence-electron chi connectivity index (χ2n) is 7.70. The van der Waals surface area contributed by atoms with Gasteiger partial charge in [0.2, 0.25) is 10.0 Å². The van der Waals surface area contributed by atoms with Gasteiger partial charge in [0.05, 0.1) is 14.8 Å². The molecule has 9 nitrogen and oxygen atoms in total. The minimum atomic E-state index is -3.91. The first-order valence-electron chi connectivity index (χ1n) is 10.4. The Morgan fingerprint density at radius 3 is 2.08 bits per heavy atom. The van der Waals surface area contributed by atoms with Gasteiger partial charge in [0.1, 0.15) is 5.75 Å². The molecule has 2 N–H and O–H groups in total. The van der Waals surface area contributed by atoms with E-state index in [0.717, 1.165) is 4.31 Å². The maximum absolute atomic E-state index is 12.6. The molecule has 1 amide bonds. The highest BCUT2D eigenvalue weighted by molar-refractivity contribution is 7.92. The lowest BCUT2D eigenvalue weighted by Crippen LogP contribution is -2.28. The number of ether oxygens (including phenoxy) is 1. The summed E-state index contributed by atoms with van der Waals surface area (Å²) in [4.78, 5) is 12.2. The fourth-order valence-electron chi connectivity index (χ4n) is 2.88. The molecule has 0 radical (unpaired) electrons. The lowest BCUT2D eigenvalue weighted by Gasteiger charge is -2.12. The summed E-state index contributed by atoms with van der Waals surface area (Å²) in [6, 6.07) is 16.2.